The molecule has 0 aliphatic carbocycles. The van der Waals surface area contributed by atoms with E-state index in [0.717, 1.165) is 24.8 Å². The molecule has 1 aromatic carbocycles. The molecular weight excluding hydrogens is 304 g/mol. The minimum Gasteiger partial charge on any atom is -0.493 e. The Morgan fingerprint density at radius 3 is 2.67 bits per heavy atom. The van der Waals surface area contributed by atoms with E-state index in [4.69, 9.17) is 9.47 Å². The summed E-state index contributed by atoms with van der Waals surface area (Å²) in [4.78, 5) is 12.5. The van der Waals surface area contributed by atoms with Crippen LogP contribution >= 0.6 is 0 Å². The van der Waals surface area contributed by atoms with Crippen molar-refractivity contribution in [3.8, 4) is 11.5 Å². The van der Waals surface area contributed by atoms with Gasteiger partial charge in [-0.3, -0.25) is 0 Å². The number of methoxy groups -OCH3 is 1. The van der Waals surface area contributed by atoms with Gasteiger partial charge in [-0.1, -0.05) is 44.1 Å². The lowest BCUT2D eigenvalue weighted by Crippen LogP contribution is -2.41. The van der Waals surface area contributed by atoms with E-state index < -0.39 is 11.6 Å². The lowest BCUT2D eigenvalue weighted by Gasteiger charge is -2.25. The zero-order valence-electron chi connectivity index (χ0n) is 14.9. The molecule has 0 aliphatic rings. The summed E-state index contributed by atoms with van der Waals surface area (Å²) in [5.41, 5.74) is -0.609. The standard InChI is InChI=1S/C20H28O4/c1-5-8-9-14-20(22,13-7-3)19(21)24-17-12-11-16(10-6-2)15-18(17)23-4/h6-7,10-12,15,22H,3,5,8-9,13-14H2,1-2,4H3/b10-6+. The average Bonchev–Trinajstić information content (AvgIpc) is 2.56. The molecular formula is C20H28O4. The number of hydrogen-bond acceptors (Lipinski definition) is 4. The van der Waals surface area contributed by atoms with Gasteiger partial charge in [0.2, 0.25) is 0 Å². The van der Waals surface area contributed by atoms with Crippen LogP contribution in [-0.2, 0) is 4.79 Å². The number of ether oxygens (including phenoxy) is 2. The molecule has 1 aromatic rings. The van der Waals surface area contributed by atoms with Crippen LogP contribution in [0.5, 0.6) is 11.5 Å². The van der Waals surface area contributed by atoms with Gasteiger partial charge >= 0.3 is 5.97 Å². The summed E-state index contributed by atoms with van der Waals surface area (Å²) in [6, 6.07) is 5.29. The van der Waals surface area contributed by atoms with E-state index in [1.807, 2.05) is 25.1 Å². The van der Waals surface area contributed by atoms with Crippen LogP contribution in [-0.4, -0.2) is 23.8 Å². The van der Waals surface area contributed by atoms with E-state index in [2.05, 4.69) is 13.5 Å². The fraction of sp³-hybridized carbons (Fsp3) is 0.450. The smallest absolute Gasteiger partial charge is 0.343 e. The van der Waals surface area contributed by atoms with Gasteiger partial charge in [-0.15, -0.1) is 6.58 Å². The van der Waals surface area contributed by atoms with Crippen LogP contribution in [0.2, 0.25) is 0 Å². The SMILES string of the molecule is C=CCC(O)(CCCCC)C(=O)Oc1ccc(/C=C/C)cc1OC. The van der Waals surface area contributed by atoms with Gasteiger partial charge in [0.15, 0.2) is 17.1 Å². The van der Waals surface area contributed by atoms with Gasteiger partial charge in [0.1, 0.15) is 0 Å². The van der Waals surface area contributed by atoms with Crippen molar-refractivity contribution in [1.82, 2.24) is 0 Å². The van der Waals surface area contributed by atoms with Crippen molar-refractivity contribution in [2.45, 2.75) is 51.6 Å². The van der Waals surface area contributed by atoms with Crippen LogP contribution in [0.4, 0.5) is 0 Å². The Hall–Kier alpha value is -2.07. The number of hydrogen-bond donors (Lipinski definition) is 1. The van der Waals surface area contributed by atoms with Crippen molar-refractivity contribution in [1.29, 1.82) is 0 Å². The van der Waals surface area contributed by atoms with Gasteiger partial charge in [-0.05, 0) is 37.5 Å². The molecule has 132 valence electrons. The highest BCUT2D eigenvalue weighted by molar-refractivity contribution is 5.82. The van der Waals surface area contributed by atoms with Gasteiger partial charge in [-0.25, -0.2) is 4.79 Å². The minimum atomic E-state index is -1.55. The molecule has 0 fully saturated rings. The van der Waals surface area contributed by atoms with Gasteiger partial charge in [0, 0.05) is 6.42 Å². The van der Waals surface area contributed by atoms with Crippen molar-refractivity contribution in [2.24, 2.45) is 0 Å². The van der Waals surface area contributed by atoms with Crippen LogP contribution in [0.25, 0.3) is 6.08 Å². The highest BCUT2D eigenvalue weighted by Gasteiger charge is 2.36. The zero-order valence-corrected chi connectivity index (χ0v) is 14.9. The first-order chi connectivity index (χ1) is 11.5. The summed E-state index contributed by atoms with van der Waals surface area (Å²) in [5, 5.41) is 10.7. The third kappa shape index (κ3) is 5.53. The topological polar surface area (TPSA) is 55.8 Å². The zero-order chi connectivity index (χ0) is 18.0. The number of carbonyl (C=O) groups is 1. The van der Waals surface area contributed by atoms with Gasteiger partial charge in [0.05, 0.1) is 7.11 Å². The van der Waals surface area contributed by atoms with Crippen LogP contribution in [0.3, 0.4) is 0 Å². The molecule has 0 heterocycles. The Kier molecular flexibility index (Phi) is 8.27. The highest BCUT2D eigenvalue weighted by atomic mass is 16.6. The largest absolute Gasteiger partial charge is 0.493 e. The molecule has 24 heavy (non-hydrogen) atoms. The molecule has 4 heteroatoms. The van der Waals surface area contributed by atoms with Gasteiger partial charge in [0.25, 0.3) is 0 Å². The Balaban J connectivity index is 2.95. The third-order valence-electron chi connectivity index (χ3n) is 3.81. The molecule has 0 radical (unpaired) electrons. The molecule has 1 unspecified atom stereocenters. The maximum absolute atomic E-state index is 12.5. The van der Waals surface area contributed by atoms with Crippen LogP contribution in [0, 0.1) is 0 Å². The van der Waals surface area contributed by atoms with Crippen molar-refractivity contribution < 1.29 is 19.4 Å². The molecule has 1 N–H and O–H groups in total. The minimum absolute atomic E-state index is 0.161. The number of aliphatic hydroxyl groups is 1. The summed E-state index contributed by atoms with van der Waals surface area (Å²) in [6.45, 7) is 7.62. The van der Waals surface area contributed by atoms with Crippen molar-refractivity contribution in [2.75, 3.05) is 7.11 Å². The van der Waals surface area contributed by atoms with Crippen molar-refractivity contribution >= 4 is 12.0 Å². The molecule has 0 saturated carbocycles. The molecule has 0 aromatic heterocycles. The number of unbranched alkanes of at least 4 members (excludes halogenated alkanes) is 2. The van der Waals surface area contributed by atoms with Crippen molar-refractivity contribution in [3.05, 3.63) is 42.5 Å². The summed E-state index contributed by atoms with van der Waals surface area (Å²) in [7, 11) is 1.52. The number of benzene rings is 1. The van der Waals surface area contributed by atoms with E-state index in [9.17, 15) is 9.90 Å². The van der Waals surface area contributed by atoms with Gasteiger partial charge < -0.3 is 14.6 Å². The van der Waals surface area contributed by atoms with E-state index in [1.54, 1.807) is 18.2 Å². The number of rotatable bonds is 10. The Bertz CT molecular complexity index is 577. The maximum atomic E-state index is 12.5. The number of allylic oxidation sites excluding steroid dienone is 1. The quantitative estimate of drug-likeness (QED) is 0.296. The molecule has 1 rings (SSSR count). The second-order valence-electron chi connectivity index (χ2n) is 5.78. The molecule has 1 atom stereocenters. The summed E-state index contributed by atoms with van der Waals surface area (Å²) < 4.78 is 10.7. The van der Waals surface area contributed by atoms with Crippen LogP contribution in [0.1, 0.15) is 51.5 Å². The van der Waals surface area contributed by atoms with E-state index >= 15 is 0 Å². The van der Waals surface area contributed by atoms with Crippen molar-refractivity contribution in [3.63, 3.8) is 0 Å². The van der Waals surface area contributed by atoms with Gasteiger partial charge in [-0.2, -0.15) is 0 Å². The van der Waals surface area contributed by atoms with E-state index in [1.165, 1.54) is 7.11 Å². The average molecular weight is 332 g/mol. The molecule has 0 spiro atoms. The molecule has 0 aliphatic heterocycles. The highest BCUT2D eigenvalue weighted by Crippen LogP contribution is 2.31. The Morgan fingerprint density at radius 2 is 2.08 bits per heavy atom. The van der Waals surface area contributed by atoms with E-state index in [-0.39, 0.29) is 6.42 Å². The lowest BCUT2D eigenvalue weighted by atomic mass is 9.92. The first-order valence-electron chi connectivity index (χ1n) is 8.37. The van der Waals surface area contributed by atoms with Crippen LogP contribution in [0.15, 0.2) is 36.9 Å². The lowest BCUT2D eigenvalue weighted by molar-refractivity contribution is -0.156. The predicted octanol–water partition coefficient (Wildman–Crippen LogP) is 4.52. The Labute approximate surface area is 144 Å². The molecule has 0 bridgehead atoms. The van der Waals surface area contributed by atoms with Crippen LogP contribution < -0.4 is 9.47 Å². The number of carbonyl (C=O) groups excluding carboxylic acids is 1. The molecule has 4 nitrogen and oxygen atoms in total. The Morgan fingerprint density at radius 1 is 1.33 bits per heavy atom. The second kappa shape index (κ2) is 9.93. The fourth-order valence-electron chi connectivity index (χ4n) is 2.45. The predicted molar refractivity (Wildman–Crippen MR) is 97.2 cm³/mol. The third-order valence-corrected chi connectivity index (χ3v) is 3.81. The second-order valence-corrected chi connectivity index (χ2v) is 5.78. The monoisotopic (exact) mass is 332 g/mol. The normalized spacial score (nSPS) is 13.5. The summed E-state index contributed by atoms with van der Waals surface area (Å²) in [5.74, 6) is 0.0813. The maximum Gasteiger partial charge on any atom is 0.343 e. The molecule has 0 amide bonds. The molecule has 0 saturated heterocycles. The number of esters is 1. The fourth-order valence-corrected chi connectivity index (χ4v) is 2.45. The summed E-state index contributed by atoms with van der Waals surface area (Å²) in [6.07, 6.45) is 8.61. The first-order valence-corrected chi connectivity index (χ1v) is 8.37. The van der Waals surface area contributed by atoms with E-state index in [0.29, 0.717) is 17.9 Å². The first kappa shape index (κ1) is 20.0. The summed E-state index contributed by atoms with van der Waals surface area (Å²) >= 11 is 0.